The van der Waals surface area contributed by atoms with Gasteiger partial charge in [-0.05, 0) is 31.0 Å². The van der Waals surface area contributed by atoms with Gasteiger partial charge in [0, 0.05) is 50.8 Å². The highest BCUT2D eigenvalue weighted by molar-refractivity contribution is 6.04. The molecule has 4 rings (SSSR count). The van der Waals surface area contributed by atoms with Crippen molar-refractivity contribution in [1.29, 1.82) is 0 Å². The Hall–Kier alpha value is -3.23. The van der Waals surface area contributed by atoms with Crippen LogP contribution in [0.4, 0.5) is 25.1 Å². The van der Waals surface area contributed by atoms with Crippen molar-refractivity contribution in [1.82, 2.24) is 15.2 Å². The Labute approximate surface area is 179 Å². The van der Waals surface area contributed by atoms with Crippen LogP contribution in [-0.4, -0.2) is 54.4 Å². The zero-order chi connectivity index (χ0) is 22.2. The van der Waals surface area contributed by atoms with Crippen LogP contribution in [0.2, 0.25) is 0 Å². The van der Waals surface area contributed by atoms with E-state index in [1.54, 1.807) is 4.90 Å². The van der Waals surface area contributed by atoms with Gasteiger partial charge < -0.3 is 20.4 Å². The minimum absolute atomic E-state index is 0.0516. The van der Waals surface area contributed by atoms with Gasteiger partial charge in [0.1, 0.15) is 17.5 Å². The molecule has 0 bridgehead atoms. The minimum atomic E-state index is -0.768. The van der Waals surface area contributed by atoms with Crippen molar-refractivity contribution in [2.75, 3.05) is 37.4 Å². The first kappa shape index (κ1) is 21.0. The molecule has 2 aliphatic heterocycles. The molecule has 1 aromatic carbocycles. The smallest absolute Gasteiger partial charge is 0.317 e. The lowest BCUT2D eigenvalue weighted by atomic mass is 9.78. The zero-order valence-corrected chi connectivity index (χ0v) is 17.5. The SMILES string of the molecule is CN(C)c1cccc(CNC(=O)N2CCC3(CC2)CC(=O)c2cc(F)cc(F)c2N3)n1. The summed E-state index contributed by atoms with van der Waals surface area (Å²) in [6, 6.07) is 7.28. The molecule has 1 saturated heterocycles. The molecule has 164 valence electrons. The number of rotatable bonds is 3. The van der Waals surface area contributed by atoms with E-state index in [2.05, 4.69) is 15.6 Å². The second-order valence-corrected chi connectivity index (χ2v) is 8.34. The van der Waals surface area contributed by atoms with Gasteiger partial charge in [-0.3, -0.25) is 4.79 Å². The van der Waals surface area contributed by atoms with E-state index in [4.69, 9.17) is 0 Å². The Bertz CT molecular complexity index is 1020. The number of fused-ring (bicyclic) bond motifs is 1. The van der Waals surface area contributed by atoms with Gasteiger partial charge in [0.15, 0.2) is 5.78 Å². The summed E-state index contributed by atoms with van der Waals surface area (Å²) in [5, 5.41) is 6.02. The Morgan fingerprint density at radius 3 is 2.71 bits per heavy atom. The molecule has 3 heterocycles. The van der Waals surface area contributed by atoms with E-state index in [0.29, 0.717) is 32.5 Å². The van der Waals surface area contributed by atoms with Gasteiger partial charge in [-0.2, -0.15) is 0 Å². The number of benzene rings is 1. The summed E-state index contributed by atoms with van der Waals surface area (Å²) < 4.78 is 27.7. The number of nitrogens with one attached hydrogen (secondary N) is 2. The van der Waals surface area contributed by atoms with Gasteiger partial charge >= 0.3 is 6.03 Å². The number of urea groups is 1. The Morgan fingerprint density at radius 2 is 2.00 bits per heavy atom. The van der Waals surface area contributed by atoms with Crippen LogP contribution in [-0.2, 0) is 6.54 Å². The van der Waals surface area contributed by atoms with E-state index in [1.165, 1.54) is 0 Å². The maximum absolute atomic E-state index is 14.3. The zero-order valence-electron chi connectivity index (χ0n) is 17.5. The van der Waals surface area contributed by atoms with Crippen molar-refractivity contribution in [2.45, 2.75) is 31.3 Å². The third kappa shape index (κ3) is 4.30. The molecule has 2 aliphatic rings. The van der Waals surface area contributed by atoms with Crippen molar-refractivity contribution in [3.05, 3.63) is 53.2 Å². The number of halogens is 2. The molecule has 1 spiro atoms. The minimum Gasteiger partial charge on any atom is -0.376 e. The fourth-order valence-electron chi connectivity index (χ4n) is 4.16. The lowest BCUT2D eigenvalue weighted by molar-refractivity contribution is 0.0914. The molecule has 7 nitrogen and oxygen atoms in total. The molecule has 0 saturated carbocycles. The van der Waals surface area contributed by atoms with Crippen molar-refractivity contribution in [3.63, 3.8) is 0 Å². The van der Waals surface area contributed by atoms with E-state index in [1.807, 2.05) is 37.2 Å². The molecule has 0 radical (unpaired) electrons. The van der Waals surface area contributed by atoms with Crippen molar-refractivity contribution in [2.24, 2.45) is 0 Å². The van der Waals surface area contributed by atoms with Gasteiger partial charge in [0.2, 0.25) is 0 Å². The second-order valence-electron chi connectivity index (χ2n) is 8.34. The molecule has 2 N–H and O–H groups in total. The number of Topliss-reactive ketones (excluding diaryl/α,β-unsaturated/α-hetero) is 1. The monoisotopic (exact) mass is 429 g/mol. The second kappa shape index (κ2) is 8.13. The van der Waals surface area contributed by atoms with Crippen LogP contribution in [0, 0.1) is 11.6 Å². The quantitative estimate of drug-likeness (QED) is 0.784. The van der Waals surface area contributed by atoms with Gasteiger partial charge in [-0.15, -0.1) is 0 Å². The van der Waals surface area contributed by atoms with Gasteiger partial charge in [0.05, 0.1) is 17.9 Å². The fourth-order valence-corrected chi connectivity index (χ4v) is 4.16. The number of likely N-dealkylation sites (tertiary alicyclic amines) is 1. The molecule has 2 aromatic rings. The predicted octanol–water partition coefficient (Wildman–Crippen LogP) is 3.17. The number of nitrogens with zero attached hydrogens (tertiary/aromatic N) is 3. The third-order valence-corrected chi connectivity index (χ3v) is 5.92. The highest BCUT2D eigenvalue weighted by atomic mass is 19.1. The van der Waals surface area contributed by atoms with E-state index >= 15 is 0 Å². The summed E-state index contributed by atoms with van der Waals surface area (Å²) in [4.78, 5) is 33.2. The molecule has 1 aromatic heterocycles. The molecule has 0 aliphatic carbocycles. The summed E-state index contributed by atoms with van der Waals surface area (Å²) in [5.74, 6) is -1.00. The van der Waals surface area contributed by atoms with E-state index < -0.39 is 17.2 Å². The van der Waals surface area contributed by atoms with Gasteiger partial charge in [0.25, 0.3) is 0 Å². The summed E-state index contributed by atoms with van der Waals surface area (Å²) in [6.07, 6.45) is 1.15. The number of ketones is 1. The molecule has 2 amide bonds. The maximum atomic E-state index is 14.3. The lowest BCUT2D eigenvalue weighted by Gasteiger charge is -2.45. The highest BCUT2D eigenvalue weighted by Gasteiger charge is 2.42. The predicted molar refractivity (Wildman–Crippen MR) is 113 cm³/mol. The van der Waals surface area contributed by atoms with Crippen LogP contribution in [0.5, 0.6) is 0 Å². The van der Waals surface area contributed by atoms with E-state index in [9.17, 15) is 18.4 Å². The van der Waals surface area contributed by atoms with Crippen LogP contribution in [0.1, 0.15) is 35.3 Å². The average molecular weight is 429 g/mol. The van der Waals surface area contributed by atoms with Crippen LogP contribution in [0.25, 0.3) is 0 Å². The Balaban J connectivity index is 1.37. The van der Waals surface area contributed by atoms with E-state index in [-0.39, 0.29) is 29.5 Å². The molecule has 9 heteroatoms. The van der Waals surface area contributed by atoms with Crippen molar-refractivity contribution < 1.29 is 18.4 Å². The molecule has 0 atom stereocenters. The topological polar surface area (TPSA) is 77.6 Å². The number of pyridine rings is 1. The van der Waals surface area contributed by atoms with Crippen molar-refractivity contribution in [3.8, 4) is 0 Å². The first-order valence-electron chi connectivity index (χ1n) is 10.2. The number of carbonyl (C=O) groups is 2. The number of piperidine rings is 1. The maximum Gasteiger partial charge on any atom is 0.317 e. The van der Waals surface area contributed by atoms with Crippen LogP contribution >= 0.6 is 0 Å². The molecule has 0 unspecified atom stereocenters. The summed E-state index contributed by atoms with van der Waals surface area (Å²) >= 11 is 0. The first-order chi connectivity index (χ1) is 14.8. The standard InChI is InChI=1S/C22H25F2N5O2/c1-28(2)19-5-3-4-15(26-19)13-25-21(31)29-8-6-22(7-9-29)12-18(30)16-10-14(23)11-17(24)20(16)27-22/h3-5,10-11,27H,6-9,12-13H2,1-2H3,(H,25,31). The Kier molecular flexibility index (Phi) is 5.51. The molecule has 31 heavy (non-hydrogen) atoms. The molecular weight excluding hydrogens is 404 g/mol. The van der Waals surface area contributed by atoms with Crippen molar-refractivity contribution >= 4 is 23.3 Å². The summed E-state index contributed by atoms with van der Waals surface area (Å²) in [5.41, 5.74) is 0.242. The molecule has 1 fully saturated rings. The normalized spacial score (nSPS) is 17.2. The molecular formula is C22H25F2N5O2. The largest absolute Gasteiger partial charge is 0.376 e. The van der Waals surface area contributed by atoms with E-state index in [0.717, 1.165) is 23.6 Å². The van der Waals surface area contributed by atoms with Crippen LogP contribution in [0.15, 0.2) is 30.3 Å². The number of hydrogen-bond donors (Lipinski definition) is 2. The number of carbonyl (C=O) groups excluding carboxylic acids is 2. The third-order valence-electron chi connectivity index (χ3n) is 5.92. The van der Waals surface area contributed by atoms with Crippen LogP contribution < -0.4 is 15.5 Å². The fraction of sp³-hybridized carbons (Fsp3) is 0.409. The van der Waals surface area contributed by atoms with Gasteiger partial charge in [-0.25, -0.2) is 18.6 Å². The van der Waals surface area contributed by atoms with Crippen LogP contribution in [0.3, 0.4) is 0 Å². The number of hydrogen-bond acceptors (Lipinski definition) is 5. The summed E-state index contributed by atoms with van der Waals surface area (Å²) in [6.45, 7) is 1.16. The Morgan fingerprint density at radius 1 is 1.26 bits per heavy atom. The number of anilines is 2. The number of amides is 2. The van der Waals surface area contributed by atoms with Gasteiger partial charge in [-0.1, -0.05) is 6.07 Å². The first-order valence-corrected chi connectivity index (χ1v) is 10.2. The number of aromatic nitrogens is 1. The average Bonchev–Trinajstić information content (AvgIpc) is 2.74. The lowest BCUT2D eigenvalue weighted by Crippen LogP contribution is -2.55. The summed E-state index contributed by atoms with van der Waals surface area (Å²) in [7, 11) is 3.80. The highest BCUT2D eigenvalue weighted by Crippen LogP contribution is 2.39.